The van der Waals surface area contributed by atoms with Crippen LogP contribution in [0.1, 0.15) is 21.6 Å². The molecule has 0 spiro atoms. The van der Waals surface area contributed by atoms with Crippen molar-refractivity contribution in [2.75, 3.05) is 11.9 Å². The number of carbonyl (C=O) groups is 1. The van der Waals surface area contributed by atoms with Crippen LogP contribution in [-0.2, 0) is 6.42 Å². The Kier molecular flexibility index (Phi) is 4.87. The van der Waals surface area contributed by atoms with E-state index in [2.05, 4.69) is 26.2 Å². The molecule has 0 aliphatic heterocycles. The molecule has 0 atom stereocenters. The summed E-state index contributed by atoms with van der Waals surface area (Å²) in [5.41, 5.74) is 3.07. The Bertz CT molecular complexity index is 629. The average Bonchev–Trinajstić information content (AvgIpc) is 2.43. The van der Waals surface area contributed by atoms with Crippen LogP contribution in [0.25, 0.3) is 0 Å². The molecule has 1 heterocycles. The Morgan fingerprint density at radius 3 is 2.85 bits per heavy atom. The first-order valence-corrected chi connectivity index (χ1v) is 7.03. The molecule has 0 fully saturated rings. The fourth-order valence-electron chi connectivity index (χ4n) is 1.74. The van der Waals surface area contributed by atoms with Crippen LogP contribution in [-0.4, -0.2) is 22.6 Å². The second-order valence-corrected chi connectivity index (χ2v) is 5.28. The van der Waals surface area contributed by atoms with Gasteiger partial charge in [0.05, 0.1) is 0 Å². The predicted molar refractivity (Wildman–Crippen MR) is 81.9 cm³/mol. The van der Waals surface area contributed by atoms with E-state index in [4.69, 9.17) is 5.11 Å². The van der Waals surface area contributed by atoms with Crippen molar-refractivity contribution in [2.45, 2.75) is 13.3 Å². The first-order chi connectivity index (χ1) is 9.60. The summed E-state index contributed by atoms with van der Waals surface area (Å²) in [7, 11) is 0. The number of amides is 1. The van der Waals surface area contributed by atoms with Gasteiger partial charge in [0, 0.05) is 40.6 Å². The molecule has 0 aliphatic carbocycles. The fraction of sp³-hybridized carbons (Fsp3) is 0.200. The number of hydrogen-bond acceptors (Lipinski definition) is 3. The van der Waals surface area contributed by atoms with Crippen molar-refractivity contribution in [3.05, 3.63) is 57.8 Å². The number of nitrogens with one attached hydrogen (secondary N) is 1. The van der Waals surface area contributed by atoms with Gasteiger partial charge < -0.3 is 10.4 Å². The molecule has 0 radical (unpaired) electrons. The maximum Gasteiger partial charge on any atom is 0.255 e. The number of aliphatic hydroxyl groups is 1. The zero-order chi connectivity index (χ0) is 14.5. The quantitative estimate of drug-likeness (QED) is 0.903. The van der Waals surface area contributed by atoms with E-state index in [0.29, 0.717) is 17.7 Å². The monoisotopic (exact) mass is 334 g/mol. The third-order valence-electron chi connectivity index (χ3n) is 2.88. The molecule has 2 aromatic rings. The highest BCUT2D eigenvalue weighted by molar-refractivity contribution is 9.10. The summed E-state index contributed by atoms with van der Waals surface area (Å²) in [6, 6.07) is 8.99. The minimum atomic E-state index is -0.192. The molecule has 2 N–H and O–H groups in total. The first-order valence-electron chi connectivity index (χ1n) is 6.23. The van der Waals surface area contributed by atoms with Gasteiger partial charge in [-0.05, 0) is 36.8 Å². The van der Waals surface area contributed by atoms with Gasteiger partial charge in [-0.15, -0.1) is 0 Å². The lowest BCUT2D eigenvalue weighted by Gasteiger charge is -2.08. The summed E-state index contributed by atoms with van der Waals surface area (Å²) >= 11 is 3.44. The van der Waals surface area contributed by atoms with Crippen molar-refractivity contribution in [2.24, 2.45) is 0 Å². The van der Waals surface area contributed by atoms with E-state index in [1.165, 1.54) is 0 Å². The molecular weight excluding hydrogens is 320 g/mol. The molecule has 4 nitrogen and oxygen atoms in total. The molecule has 0 unspecified atom stereocenters. The van der Waals surface area contributed by atoms with Gasteiger partial charge >= 0.3 is 0 Å². The highest BCUT2D eigenvalue weighted by atomic mass is 79.9. The van der Waals surface area contributed by atoms with Gasteiger partial charge in [0.25, 0.3) is 5.91 Å². The predicted octanol–water partition coefficient (Wildman–Crippen LogP) is 2.94. The minimum Gasteiger partial charge on any atom is -0.396 e. The van der Waals surface area contributed by atoms with Gasteiger partial charge in [-0.2, -0.15) is 0 Å². The number of aryl methyl sites for hydroxylation is 1. The number of aliphatic hydroxyl groups excluding tert-OH is 1. The topological polar surface area (TPSA) is 62.2 Å². The highest BCUT2D eigenvalue weighted by Gasteiger charge is 2.08. The number of benzene rings is 1. The van der Waals surface area contributed by atoms with Gasteiger partial charge in [0.2, 0.25) is 0 Å². The second-order valence-electron chi connectivity index (χ2n) is 4.43. The minimum absolute atomic E-state index is 0.0168. The van der Waals surface area contributed by atoms with Crippen LogP contribution in [0.2, 0.25) is 0 Å². The van der Waals surface area contributed by atoms with Crippen molar-refractivity contribution in [1.82, 2.24) is 4.98 Å². The third-order valence-corrected chi connectivity index (χ3v) is 3.73. The molecular formula is C15H15BrN2O2. The molecule has 1 amide bonds. The maximum atomic E-state index is 12.2. The molecule has 2 rings (SSSR count). The van der Waals surface area contributed by atoms with Gasteiger partial charge in [-0.25, -0.2) is 0 Å². The summed E-state index contributed by atoms with van der Waals surface area (Å²) in [5, 5.41) is 11.7. The molecule has 0 saturated heterocycles. The number of aromatic nitrogens is 1. The van der Waals surface area contributed by atoms with Crippen LogP contribution in [0.3, 0.4) is 0 Å². The van der Waals surface area contributed by atoms with Gasteiger partial charge in [0.15, 0.2) is 0 Å². The largest absolute Gasteiger partial charge is 0.396 e. The Labute approximate surface area is 126 Å². The second kappa shape index (κ2) is 6.63. The van der Waals surface area contributed by atoms with E-state index >= 15 is 0 Å². The summed E-state index contributed by atoms with van der Waals surface area (Å²) < 4.78 is 0.950. The number of anilines is 1. The van der Waals surface area contributed by atoms with Gasteiger partial charge in [-0.1, -0.05) is 22.0 Å². The van der Waals surface area contributed by atoms with Crippen molar-refractivity contribution in [3.8, 4) is 0 Å². The highest BCUT2D eigenvalue weighted by Crippen LogP contribution is 2.21. The fourth-order valence-corrected chi connectivity index (χ4v) is 2.12. The van der Waals surface area contributed by atoms with E-state index in [1.807, 2.05) is 25.1 Å². The average molecular weight is 335 g/mol. The van der Waals surface area contributed by atoms with E-state index in [9.17, 15) is 4.79 Å². The van der Waals surface area contributed by atoms with Crippen LogP contribution in [0.15, 0.2) is 41.0 Å². The van der Waals surface area contributed by atoms with E-state index < -0.39 is 0 Å². The van der Waals surface area contributed by atoms with Crippen molar-refractivity contribution in [3.63, 3.8) is 0 Å². The first kappa shape index (κ1) is 14.7. The summed E-state index contributed by atoms with van der Waals surface area (Å²) in [6.45, 7) is 2.00. The molecule has 5 heteroatoms. The normalized spacial score (nSPS) is 10.3. The van der Waals surface area contributed by atoms with Crippen LogP contribution < -0.4 is 5.32 Å². The SMILES string of the molecule is Cc1ccc(NC(=O)c2ccnc(CCO)c2)cc1Br. The maximum absolute atomic E-state index is 12.2. The summed E-state index contributed by atoms with van der Waals surface area (Å²) in [4.78, 5) is 16.2. The molecule has 1 aromatic carbocycles. The zero-order valence-corrected chi connectivity index (χ0v) is 12.6. The van der Waals surface area contributed by atoms with Crippen molar-refractivity contribution < 1.29 is 9.90 Å². The molecule has 0 bridgehead atoms. The van der Waals surface area contributed by atoms with E-state index in [0.717, 1.165) is 15.7 Å². The number of hydrogen-bond donors (Lipinski definition) is 2. The molecule has 104 valence electrons. The lowest BCUT2D eigenvalue weighted by molar-refractivity contribution is 0.102. The van der Waals surface area contributed by atoms with Gasteiger partial charge in [-0.3, -0.25) is 9.78 Å². The number of carbonyl (C=O) groups excluding carboxylic acids is 1. The Morgan fingerprint density at radius 2 is 2.15 bits per heavy atom. The van der Waals surface area contributed by atoms with Crippen molar-refractivity contribution in [1.29, 1.82) is 0 Å². The lowest BCUT2D eigenvalue weighted by Crippen LogP contribution is -2.12. The molecule has 0 saturated carbocycles. The van der Waals surface area contributed by atoms with Gasteiger partial charge in [0.1, 0.15) is 0 Å². The van der Waals surface area contributed by atoms with Crippen LogP contribution in [0, 0.1) is 6.92 Å². The Balaban J connectivity index is 2.15. The molecule has 1 aromatic heterocycles. The van der Waals surface area contributed by atoms with Crippen LogP contribution in [0.5, 0.6) is 0 Å². The lowest BCUT2D eigenvalue weighted by atomic mass is 10.1. The Morgan fingerprint density at radius 1 is 1.35 bits per heavy atom. The smallest absolute Gasteiger partial charge is 0.255 e. The molecule has 0 aliphatic rings. The van der Waals surface area contributed by atoms with Crippen LogP contribution >= 0.6 is 15.9 Å². The summed E-state index contributed by atoms with van der Waals surface area (Å²) in [6.07, 6.45) is 2.02. The number of nitrogens with zero attached hydrogens (tertiary/aromatic N) is 1. The van der Waals surface area contributed by atoms with Crippen LogP contribution in [0.4, 0.5) is 5.69 Å². The molecule has 20 heavy (non-hydrogen) atoms. The summed E-state index contributed by atoms with van der Waals surface area (Å²) in [5.74, 6) is -0.192. The number of rotatable bonds is 4. The Hall–Kier alpha value is -1.72. The van der Waals surface area contributed by atoms with Crippen molar-refractivity contribution >= 4 is 27.5 Å². The number of pyridine rings is 1. The zero-order valence-electron chi connectivity index (χ0n) is 11.1. The third kappa shape index (κ3) is 3.65. The number of halogens is 1. The van der Waals surface area contributed by atoms with E-state index in [-0.39, 0.29) is 12.5 Å². The standard InChI is InChI=1S/C15H15BrN2O2/c1-10-2-3-13(9-14(10)16)18-15(20)11-4-6-17-12(8-11)5-7-19/h2-4,6,8-9,19H,5,7H2,1H3,(H,18,20). The van der Waals surface area contributed by atoms with E-state index in [1.54, 1.807) is 18.3 Å².